The lowest BCUT2D eigenvalue weighted by atomic mass is 10.2. The number of nitrogens with zero attached hydrogens (tertiary/aromatic N) is 1. The molecule has 1 fully saturated rings. The molecule has 1 N–H and O–H groups in total. The van der Waals surface area contributed by atoms with E-state index in [2.05, 4.69) is 30.1 Å². The minimum atomic E-state index is 0.167. The Labute approximate surface area is 101 Å². The molecule has 0 saturated carbocycles. The van der Waals surface area contributed by atoms with Crippen LogP contribution in [0.3, 0.4) is 0 Å². The van der Waals surface area contributed by atoms with Crippen molar-refractivity contribution >= 4 is 24.2 Å². The van der Waals surface area contributed by atoms with Gasteiger partial charge in [0.1, 0.15) is 0 Å². The molecule has 1 aromatic rings. The summed E-state index contributed by atoms with van der Waals surface area (Å²) in [6.07, 6.45) is 0.541. The monoisotopic (exact) mass is 236 g/mol. The molecular formula is C12H16N2OS. The van der Waals surface area contributed by atoms with Gasteiger partial charge in [0.25, 0.3) is 0 Å². The maximum Gasteiger partial charge on any atom is 0.228 e. The van der Waals surface area contributed by atoms with Crippen LogP contribution in [0.1, 0.15) is 12.0 Å². The van der Waals surface area contributed by atoms with Crippen LogP contribution in [0.15, 0.2) is 24.3 Å². The van der Waals surface area contributed by atoms with Crippen LogP contribution in [-0.2, 0) is 11.3 Å². The molecule has 0 aliphatic carbocycles. The third-order valence-electron chi connectivity index (χ3n) is 2.71. The number of benzene rings is 1. The van der Waals surface area contributed by atoms with Crippen LogP contribution in [0.2, 0.25) is 0 Å². The molecule has 1 unspecified atom stereocenters. The van der Waals surface area contributed by atoms with Gasteiger partial charge in [-0.1, -0.05) is 12.1 Å². The van der Waals surface area contributed by atoms with Crippen molar-refractivity contribution in [2.75, 3.05) is 18.5 Å². The van der Waals surface area contributed by atoms with Crippen molar-refractivity contribution in [3.63, 3.8) is 0 Å². The molecule has 0 radical (unpaired) electrons. The van der Waals surface area contributed by atoms with E-state index >= 15 is 0 Å². The molecule has 0 spiro atoms. The SMILES string of the molecule is CNCc1cccc(N2CC(S)CC2=O)c1. The fourth-order valence-corrected chi connectivity index (χ4v) is 2.30. The van der Waals surface area contributed by atoms with Crippen LogP contribution in [0.25, 0.3) is 0 Å². The third-order valence-corrected chi connectivity index (χ3v) is 3.05. The topological polar surface area (TPSA) is 32.3 Å². The number of hydrogen-bond donors (Lipinski definition) is 2. The zero-order chi connectivity index (χ0) is 11.5. The van der Waals surface area contributed by atoms with E-state index in [0.717, 1.165) is 12.2 Å². The summed E-state index contributed by atoms with van der Waals surface area (Å²) in [7, 11) is 1.91. The Bertz CT molecular complexity index is 394. The van der Waals surface area contributed by atoms with Crippen molar-refractivity contribution in [3.05, 3.63) is 29.8 Å². The third kappa shape index (κ3) is 2.39. The molecule has 86 valence electrons. The van der Waals surface area contributed by atoms with Crippen molar-refractivity contribution in [3.8, 4) is 0 Å². The van der Waals surface area contributed by atoms with Crippen LogP contribution in [0.4, 0.5) is 5.69 Å². The summed E-state index contributed by atoms with van der Waals surface area (Å²) in [6.45, 7) is 1.53. The average Bonchev–Trinajstić information content (AvgIpc) is 2.59. The van der Waals surface area contributed by atoms with Crippen molar-refractivity contribution in [2.24, 2.45) is 0 Å². The maximum absolute atomic E-state index is 11.7. The highest BCUT2D eigenvalue weighted by Crippen LogP contribution is 2.24. The Morgan fingerprint density at radius 3 is 3.00 bits per heavy atom. The fourth-order valence-electron chi connectivity index (χ4n) is 1.98. The second kappa shape index (κ2) is 4.89. The number of thiol groups is 1. The summed E-state index contributed by atoms with van der Waals surface area (Å²) in [6, 6.07) is 8.07. The van der Waals surface area contributed by atoms with Gasteiger partial charge in [-0.05, 0) is 24.7 Å². The van der Waals surface area contributed by atoms with Gasteiger partial charge >= 0.3 is 0 Å². The molecule has 1 aliphatic rings. The zero-order valence-corrected chi connectivity index (χ0v) is 10.2. The van der Waals surface area contributed by atoms with Crippen LogP contribution in [0.5, 0.6) is 0 Å². The summed E-state index contributed by atoms with van der Waals surface area (Å²) in [5.41, 5.74) is 2.17. The van der Waals surface area contributed by atoms with Gasteiger partial charge in [0.15, 0.2) is 0 Å². The Balaban J connectivity index is 2.20. The van der Waals surface area contributed by atoms with Crippen LogP contribution in [-0.4, -0.2) is 24.7 Å². The summed E-state index contributed by atoms with van der Waals surface area (Å²) < 4.78 is 0. The van der Waals surface area contributed by atoms with Crippen LogP contribution in [0, 0.1) is 0 Å². The molecule has 0 aromatic heterocycles. The van der Waals surface area contributed by atoms with Gasteiger partial charge in [-0.25, -0.2) is 0 Å². The Morgan fingerprint density at radius 1 is 1.56 bits per heavy atom. The summed E-state index contributed by atoms with van der Waals surface area (Å²) >= 11 is 4.35. The molecule has 2 rings (SSSR count). The summed E-state index contributed by atoms with van der Waals surface area (Å²) in [4.78, 5) is 13.5. The fraction of sp³-hybridized carbons (Fsp3) is 0.417. The quantitative estimate of drug-likeness (QED) is 0.778. The molecule has 1 saturated heterocycles. The first-order chi connectivity index (χ1) is 7.70. The number of rotatable bonds is 3. The molecule has 1 heterocycles. The lowest BCUT2D eigenvalue weighted by molar-refractivity contribution is -0.117. The van der Waals surface area contributed by atoms with Gasteiger partial charge in [0.05, 0.1) is 0 Å². The van der Waals surface area contributed by atoms with E-state index in [-0.39, 0.29) is 11.2 Å². The molecule has 1 atom stereocenters. The highest BCUT2D eigenvalue weighted by molar-refractivity contribution is 7.81. The first-order valence-corrected chi connectivity index (χ1v) is 5.94. The molecule has 0 bridgehead atoms. The zero-order valence-electron chi connectivity index (χ0n) is 9.31. The van der Waals surface area contributed by atoms with E-state index in [9.17, 15) is 4.79 Å². The van der Waals surface area contributed by atoms with E-state index in [4.69, 9.17) is 0 Å². The normalized spacial score (nSPS) is 20.5. The maximum atomic E-state index is 11.7. The van der Waals surface area contributed by atoms with E-state index in [1.165, 1.54) is 5.56 Å². The number of hydrogen-bond acceptors (Lipinski definition) is 3. The van der Waals surface area contributed by atoms with E-state index in [1.54, 1.807) is 0 Å². The Hall–Kier alpha value is -1.00. The lowest BCUT2D eigenvalue weighted by Crippen LogP contribution is -2.24. The van der Waals surface area contributed by atoms with Gasteiger partial charge in [-0.3, -0.25) is 4.79 Å². The number of carbonyl (C=O) groups is 1. The molecule has 1 amide bonds. The Morgan fingerprint density at radius 2 is 2.38 bits per heavy atom. The van der Waals surface area contributed by atoms with Crippen LogP contribution >= 0.6 is 12.6 Å². The summed E-state index contributed by atoms with van der Waals surface area (Å²) in [5.74, 6) is 0.168. The van der Waals surface area contributed by atoms with Crippen molar-refractivity contribution in [2.45, 2.75) is 18.2 Å². The van der Waals surface area contributed by atoms with Crippen molar-refractivity contribution in [1.29, 1.82) is 0 Å². The minimum Gasteiger partial charge on any atom is -0.316 e. The molecule has 1 aliphatic heterocycles. The minimum absolute atomic E-state index is 0.167. The van der Waals surface area contributed by atoms with E-state index in [0.29, 0.717) is 13.0 Å². The predicted molar refractivity (Wildman–Crippen MR) is 68.9 cm³/mol. The van der Waals surface area contributed by atoms with E-state index < -0.39 is 0 Å². The second-order valence-corrected chi connectivity index (χ2v) is 4.79. The van der Waals surface area contributed by atoms with Gasteiger partial charge in [0.2, 0.25) is 5.91 Å². The highest BCUT2D eigenvalue weighted by atomic mass is 32.1. The number of amides is 1. The molecule has 3 nitrogen and oxygen atoms in total. The van der Waals surface area contributed by atoms with Crippen molar-refractivity contribution < 1.29 is 4.79 Å². The number of anilines is 1. The van der Waals surface area contributed by atoms with Gasteiger partial charge in [0, 0.05) is 30.4 Å². The molecular weight excluding hydrogens is 220 g/mol. The van der Waals surface area contributed by atoms with Gasteiger partial charge in [-0.15, -0.1) is 0 Å². The van der Waals surface area contributed by atoms with Gasteiger partial charge in [-0.2, -0.15) is 12.6 Å². The molecule has 4 heteroatoms. The number of nitrogens with one attached hydrogen (secondary N) is 1. The van der Waals surface area contributed by atoms with Crippen molar-refractivity contribution in [1.82, 2.24) is 5.32 Å². The predicted octanol–water partition coefficient (Wildman–Crippen LogP) is 1.44. The average molecular weight is 236 g/mol. The second-order valence-electron chi connectivity index (χ2n) is 4.06. The summed E-state index contributed by atoms with van der Waals surface area (Å²) in [5, 5.41) is 3.27. The number of carbonyl (C=O) groups excluding carboxylic acids is 1. The Kier molecular flexibility index (Phi) is 3.51. The van der Waals surface area contributed by atoms with Gasteiger partial charge < -0.3 is 10.2 Å². The standard InChI is InChI=1S/C12H16N2OS/c1-13-7-9-3-2-4-10(5-9)14-8-11(16)6-12(14)15/h2-5,11,13,16H,6-8H2,1H3. The van der Waals surface area contributed by atoms with Crippen LogP contribution < -0.4 is 10.2 Å². The van der Waals surface area contributed by atoms with E-state index in [1.807, 2.05) is 24.1 Å². The highest BCUT2D eigenvalue weighted by Gasteiger charge is 2.28. The largest absolute Gasteiger partial charge is 0.316 e. The molecule has 16 heavy (non-hydrogen) atoms. The first kappa shape index (κ1) is 11.5. The lowest BCUT2D eigenvalue weighted by Gasteiger charge is -2.16. The smallest absolute Gasteiger partial charge is 0.228 e. The molecule has 1 aromatic carbocycles. The first-order valence-electron chi connectivity index (χ1n) is 5.42.